The lowest BCUT2D eigenvalue weighted by atomic mass is 9.82. The number of hydrogen-bond acceptors (Lipinski definition) is 1. The Morgan fingerprint density at radius 3 is 1.50 bits per heavy atom. The molecule has 0 spiro atoms. The summed E-state index contributed by atoms with van der Waals surface area (Å²) in [5.74, 6) is 0. The lowest BCUT2D eigenvalue weighted by Gasteiger charge is -2.22. The first kappa shape index (κ1) is 32.8. The third-order valence-corrected chi connectivity index (χ3v) is 12.9. The highest BCUT2D eigenvalue weighted by Crippen LogP contribution is 2.49. The molecule has 1 aliphatic carbocycles. The number of para-hydroxylation sites is 2. The van der Waals surface area contributed by atoms with E-state index in [0.29, 0.717) is 0 Å². The van der Waals surface area contributed by atoms with Gasteiger partial charge in [-0.15, -0.1) is 0 Å². The van der Waals surface area contributed by atoms with Gasteiger partial charge in [-0.1, -0.05) is 135 Å². The van der Waals surface area contributed by atoms with Crippen molar-refractivity contribution in [1.29, 1.82) is 0 Å². The third kappa shape index (κ3) is 4.62. The fourth-order valence-electron chi connectivity index (χ4n) is 10.1. The minimum atomic E-state index is -0.0635. The van der Waals surface area contributed by atoms with E-state index in [1.807, 2.05) is 12.1 Å². The molecular weight excluding hydrogens is 703 g/mol. The first-order chi connectivity index (χ1) is 28.4. The summed E-state index contributed by atoms with van der Waals surface area (Å²) < 4.78 is 4.85. The van der Waals surface area contributed by atoms with Gasteiger partial charge in [0.15, 0.2) is 0 Å². The Kier molecular flexibility index (Phi) is 6.83. The fourth-order valence-corrected chi connectivity index (χ4v) is 10.1. The molecular formula is C55H39N3. The fraction of sp³-hybridized carbons (Fsp3) is 0.0545. The lowest BCUT2D eigenvalue weighted by Crippen LogP contribution is -2.15. The number of nitrogen functional groups attached to an aromatic ring is 1. The second kappa shape index (κ2) is 12.1. The number of nitrogens with two attached hydrogens (primary N) is 1. The van der Waals surface area contributed by atoms with Gasteiger partial charge >= 0.3 is 0 Å². The number of hydrogen-bond donors (Lipinski definition) is 1. The molecule has 58 heavy (non-hydrogen) atoms. The summed E-state index contributed by atoms with van der Waals surface area (Å²) in [6.45, 7) is 4.71. The van der Waals surface area contributed by atoms with Gasteiger partial charge in [-0.2, -0.15) is 0 Å². The third-order valence-electron chi connectivity index (χ3n) is 12.9. The average molecular weight is 742 g/mol. The molecule has 11 aromatic rings. The van der Waals surface area contributed by atoms with Gasteiger partial charge in [0.05, 0.1) is 22.1 Å². The molecule has 2 heterocycles. The molecule has 0 bridgehead atoms. The van der Waals surface area contributed by atoms with Gasteiger partial charge in [0.25, 0.3) is 0 Å². The van der Waals surface area contributed by atoms with Gasteiger partial charge in [0.1, 0.15) is 0 Å². The predicted octanol–water partition coefficient (Wildman–Crippen LogP) is 14.3. The van der Waals surface area contributed by atoms with Crippen molar-refractivity contribution in [1.82, 2.24) is 9.13 Å². The van der Waals surface area contributed by atoms with Crippen LogP contribution in [-0.4, -0.2) is 9.13 Å². The van der Waals surface area contributed by atoms with Gasteiger partial charge in [0.2, 0.25) is 0 Å². The molecule has 0 fully saturated rings. The molecule has 0 unspecified atom stereocenters. The first-order valence-corrected chi connectivity index (χ1v) is 20.1. The number of anilines is 1. The summed E-state index contributed by atoms with van der Waals surface area (Å²) in [7, 11) is 0. The molecule has 0 aliphatic heterocycles. The van der Waals surface area contributed by atoms with E-state index in [9.17, 15) is 0 Å². The Hall–Kier alpha value is -7.36. The number of nitrogens with zero attached hydrogens (tertiary/aromatic N) is 2. The highest BCUT2D eigenvalue weighted by molar-refractivity contribution is 6.13. The van der Waals surface area contributed by atoms with Gasteiger partial charge in [-0.3, -0.25) is 0 Å². The monoisotopic (exact) mass is 741 g/mol. The zero-order valence-corrected chi connectivity index (χ0v) is 32.4. The maximum absolute atomic E-state index is 6.34. The molecule has 9 aromatic carbocycles. The van der Waals surface area contributed by atoms with E-state index in [2.05, 4.69) is 199 Å². The van der Waals surface area contributed by atoms with Crippen LogP contribution in [0, 0.1) is 0 Å². The summed E-state index contributed by atoms with van der Waals surface area (Å²) in [4.78, 5) is 0. The second-order valence-corrected chi connectivity index (χ2v) is 16.4. The van der Waals surface area contributed by atoms with Crippen LogP contribution in [0.2, 0.25) is 0 Å². The number of rotatable bonds is 4. The Balaban J connectivity index is 0.966. The molecule has 0 saturated heterocycles. The van der Waals surface area contributed by atoms with Crippen molar-refractivity contribution in [3.8, 4) is 44.8 Å². The molecule has 0 amide bonds. The van der Waals surface area contributed by atoms with Gasteiger partial charge in [-0.05, 0) is 117 Å². The van der Waals surface area contributed by atoms with Crippen LogP contribution < -0.4 is 5.73 Å². The summed E-state index contributed by atoms with van der Waals surface area (Å²) in [5.41, 5.74) is 24.5. The molecule has 2 aromatic heterocycles. The van der Waals surface area contributed by atoms with Gasteiger partial charge in [-0.25, -0.2) is 0 Å². The van der Waals surface area contributed by atoms with Crippen molar-refractivity contribution in [2.45, 2.75) is 19.3 Å². The maximum atomic E-state index is 6.34. The number of fused-ring (bicyclic) bond motifs is 10. The van der Waals surface area contributed by atoms with Crippen molar-refractivity contribution in [2.24, 2.45) is 0 Å². The molecule has 3 heteroatoms. The van der Waals surface area contributed by atoms with Crippen LogP contribution in [0.25, 0.3) is 99.1 Å². The highest BCUT2D eigenvalue weighted by atomic mass is 15.0. The predicted molar refractivity (Wildman–Crippen MR) is 245 cm³/mol. The summed E-state index contributed by atoms with van der Waals surface area (Å²) in [6.07, 6.45) is 0. The van der Waals surface area contributed by atoms with Crippen molar-refractivity contribution in [3.05, 3.63) is 199 Å². The smallest absolute Gasteiger partial charge is 0.0541 e. The van der Waals surface area contributed by atoms with Gasteiger partial charge in [0, 0.05) is 49.4 Å². The minimum Gasteiger partial charge on any atom is -0.398 e. The summed E-state index contributed by atoms with van der Waals surface area (Å²) in [5, 5.41) is 7.25. The number of benzene rings is 9. The molecule has 12 rings (SSSR count). The van der Waals surface area contributed by atoms with E-state index in [1.54, 1.807) is 0 Å². The topological polar surface area (TPSA) is 35.9 Å². The maximum Gasteiger partial charge on any atom is 0.0541 e. The largest absolute Gasteiger partial charge is 0.398 e. The summed E-state index contributed by atoms with van der Waals surface area (Å²) >= 11 is 0. The van der Waals surface area contributed by atoms with Crippen LogP contribution in [0.1, 0.15) is 25.0 Å². The van der Waals surface area contributed by atoms with Crippen LogP contribution in [0.4, 0.5) is 5.69 Å². The standard InChI is InChI=1S/C55H39N3/c1-55(2)48-16-8-5-12-41(48)42-26-25-38(33-49(42)55)58-52-18-10-7-15-45(52)47-32-36(22-30-54(47)58)35-21-29-53-46(31-35)44-14-6-9-17-51(44)57(53)37-23-19-34(20-24-37)39-27-28-50(56)43-13-4-3-11-40(39)43/h3-33H,56H2,1-2H3. The van der Waals surface area contributed by atoms with Crippen LogP contribution >= 0.6 is 0 Å². The van der Waals surface area contributed by atoms with Crippen molar-refractivity contribution in [3.63, 3.8) is 0 Å². The van der Waals surface area contributed by atoms with Crippen LogP contribution in [-0.2, 0) is 5.41 Å². The molecule has 2 N–H and O–H groups in total. The Bertz CT molecular complexity index is 3490. The molecule has 0 atom stereocenters. The molecule has 3 nitrogen and oxygen atoms in total. The van der Waals surface area contributed by atoms with E-state index in [4.69, 9.17) is 5.73 Å². The Morgan fingerprint density at radius 2 is 0.828 bits per heavy atom. The first-order valence-electron chi connectivity index (χ1n) is 20.1. The van der Waals surface area contributed by atoms with E-state index >= 15 is 0 Å². The zero-order chi connectivity index (χ0) is 38.7. The zero-order valence-electron chi connectivity index (χ0n) is 32.4. The minimum absolute atomic E-state index is 0.0635. The SMILES string of the molecule is CC1(C)c2ccccc2-c2ccc(-n3c4ccccc4c4cc(-c5ccc6c(c5)c5ccccc5n6-c5ccc(-c6ccc(N)c7ccccc67)cc5)ccc43)cc21. The van der Waals surface area contributed by atoms with Crippen molar-refractivity contribution < 1.29 is 0 Å². The Labute approximate surface area is 336 Å². The average Bonchev–Trinajstić information content (AvgIpc) is 3.86. The Morgan fingerprint density at radius 1 is 0.345 bits per heavy atom. The normalized spacial score (nSPS) is 13.2. The summed E-state index contributed by atoms with van der Waals surface area (Å²) in [6, 6.07) is 69.0. The van der Waals surface area contributed by atoms with Crippen LogP contribution in [0.5, 0.6) is 0 Å². The molecule has 0 saturated carbocycles. The highest BCUT2D eigenvalue weighted by Gasteiger charge is 2.35. The van der Waals surface area contributed by atoms with Crippen LogP contribution in [0.15, 0.2) is 188 Å². The quantitative estimate of drug-likeness (QED) is 0.179. The van der Waals surface area contributed by atoms with Crippen LogP contribution in [0.3, 0.4) is 0 Å². The van der Waals surface area contributed by atoms with Gasteiger partial charge < -0.3 is 14.9 Å². The van der Waals surface area contributed by atoms with E-state index in [1.165, 1.54) is 99.2 Å². The molecule has 274 valence electrons. The van der Waals surface area contributed by atoms with Crippen molar-refractivity contribution >= 4 is 60.1 Å². The lowest BCUT2D eigenvalue weighted by molar-refractivity contribution is 0.660. The molecule has 0 radical (unpaired) electrons. The van der Waals surface area contributed by atoms with Crippen molar-refractivity contribution in [2.75, 3.05) is 5.73 Å². The van der Waals surface area contributed by atoms with E-state index in [0.717, 1.165) is 16.8 Å². The number of aromatic nitrogens is 2. The second-order valence-electron chi connectivity index (χ2n) is 16.4. The van der Waals surface area contributed by atoms with E-state index < -0.39 is 0 Å². The van der Waals surface area contributed by atoms with E-state index in [-0.39, 0.29) is 5.41 Å². The molecule has 1 aliphatic rings.